The van der Waals surface area contributed by atoms with Gasteiger partial charge in [-0.2, -0.15) is 0 Å². The molecule has 1 aliphatic carbocycles. The third kappa shape index (κ3) is 3.46. The predicted molar refractivity (Wildman–Crippen MR) is 105 cm³/mol. The molecule has 7 nitrogen and oxygen atoms in total. The maximum absolute atomic E-state index is 12.9. The molecule has 1 aliphatic heterocycles. The van der Waals surface area contributed by atoms with Gasteiger partial charge in [-0.25, -0.2) is 9.97 Å². The Balaban J connectivity index is 1.44. The summed E-state index contributed by atoms with van der Waals surface area (Å²) in [6.07, 6.45) is 2.23. The van der Waals surface area contributed by atoms with Gasteiger partial charge < -0.3 is 20.1 Å². The van der Waals surface area contributed by atoms with Crippen molar-refractivity contribution in [1.29, 1.82) is 0 Å². The number of nitrogens with zero attached hydrogens (tertiary/aromatic N) is 2. The Morgan fingerprint density at radius 2 is 1.79 bits per heavy atom. The monoisotopic (exact) mass is 374 g/mol. The Morgan fingerprint density at radius 3 is 2.61 bits per heavy atom. The van der Waals surface area contributed by atoms with Gasteiger partial charge in [-0.3, -0.25) is 4.79 Å². The highest BCUT2D eigenvalue weighted by molar-refractivity contribution is 6.03. The maximum atomic E-state index is 12.9. The number of rotatable bonds is 5. The highest BCUT2D eigenvalue weighted by Crippen LogP contribution is 2.34. The molecule has 0 radical (unpaired) electrons. The van der Waals surface area contributed by atoms with E-state index in [9.17, 15) is 4.79 Å². The summed E-state index contributed by atoms with van der Waals surface area (Å²) in [7, 11) is 0. The van der Waals surface area contributed by atoms with Crippen molar-refractivity contribution in [3.8, 4) is 22.9 Å². The molecule has 7 heteroatoms. The van der Waals surface area contributed by atoms with Crippen LogP contribution < -0.4 is 20.1 Å². The van der Waals surface area contributed by atoms with Crippen molar-refractivity contribution in [3.63, 3.8) is 0 Å². The van der Waals surface area contributed by atoms with Crippen molar-refractivity contribution in [1.82, 2.24) is 9.97 Å². The smallest absolute Gasteiger partial charge is 0.274 e. The van der Waals surface area contributed by atoms with Gasteiger partial charge in [-0.05, 0) is 25.0 Å². The van der Waals surface area contributed by atoms with Crippen molar-refractivity contribution in [2.24, 2.45) is 0 Å². The second-order valence-electron chi connectivity index (χ2n) is 6.77. The largest absolute Gasteiger partial charge is 0.454 e. The van der Waals surface area contributed by atoms with Gasteiger partial charge in [-0.1, -0.05) is 30.3 Å². The van der Waals surface area contributed by atoms with Crippen LogP contribution in [0.25, 0.3) is 11.4 Å². The number of anilines is 2. The Labute approximate surface area is 161 Å². The van der Waals surface area contributed by atoms with Crippen LogP contribution in [0, 0.1) is 0 Å². The van der Waals surface area contributed by atoms with Gasteiger partial charge in [0.25, 0.3) is 5.91 Å². The molecule has 0 spiro atoms. The lowest BCUT2D eigenvalue weighted by Crippen LogP contribution is -2.16. The van der Waals surface area contributed by atoms with E-state index in [0.717, 1.165) is 18.4 Å². The molecule has 0 bridgehead atoms. The lowest BCUT2D eigenvalue weighted by Gasteiger charge is -2.10. The third-order valence-corrected chi connectivity index (χ3v) is 4.55. The van der Waals surface area contributed by atoms with E-state index >= 15 is 0 Å². The van der Waals surface area contributed by atoms with Crippen LogP contribution in [0.4, 0.5) is 11.5 Å². The first-order valence-corrected chi connectivity index (χ1v) is 9.17. The van der Waals surface area contributed by atoms with Crippen molar-refractivity contribution >= 4 is 17.4 Å². The molecule has 2 N–H and O–H groups in total. The molecule has 2 aromatic carbocycles. The summed E-state index contributed by atoms with van der Waals surface area (Å²) in [5.41, 5.74) is 1.78. The summed E-state index contributed by atoms with van der Waals surface area (Å²) in [4.78, 5) is 21.9. The molecule has 0 unspecified atom stereocenters. The zero-order valence-corrected chi connectivity index (χ0v) is 15.0. The molecule has 1 aromatic heterocycles. The summed E-state index contributed by atoms with van der Waals surface area (Å²) in [5.74, 6) is 2.15. The van der Waals surface area contributed by atoms with Gasteiger partial charge in [0.1, 0.15) is 11.5 Å². The third-order valence-electron chi connectivity index (χ3n) is 4.55. The molecular formula is C21H18N4O3. The first-order valence-electron chi connectivity index (χ1n) is 9.17. The molecule has 1 fully saturated rings. The Hall–Kier alpha value is -3.61. The van der Waals surface area contributed by atoms with Crippen molar-refractivity contribution in [2.45, 2.75) is 18.9 Å². The van der Waals surface area contributed by atoms with Crippen LogP contribution in [0.3, 0.4) is 0 Å². The molecule has 5 rings (SSSR count). The van der Waals surface area contributed by atoms with Gasteiger partial charge in [0.15, 0.2) is 17.3 Å². The van der Waals surface area contributed by atoms with E-state index in [-0.39, 0.29) is 12.7 Å². The number of amides is 1. The number of nitrogens with one attached hydrogen (secondary N) is 2. The second kappa shape index (κ2) is 6.84. The minimum absolute atomic E-state index is 0.190. The van der Waals surface area contributed by atoms with Gasteiger partial charge in [0, 0.05) is 29.4 Å². The molecular weight excluding hydrogens is 356 g/mol. The summed E-state index contributed by atoms with van der Waals surface area (Å²) < 4.78 is 10.7. The van der Waals surface area contributed by atoms with Crippen molar-refractivity contribution < 1.29 is 14.3 Å². The molecule has 0 atom stereocenters. The Morgan fingerprint density at radius 1 is 0.964 bits per heavy atom. The molecule has 2 heterocycles. The SMILES string of the molecule is O=C(Nc1ccc2c(c1)OCO2)c1cc(NC2CC2)nc(-c2ccccc2)n1. The fourth-order valence-electron chi connectivity index (χ4n) is 2.96. The Bertz CT molecular complexity index is 1040. The van der Waals surface area contributed by atoms with E-state index in [4.69, 9.17) is 9.47 Å². The van der Waals surface area contributed by atoms with Gasteiger partial charge >= 0.3 is 0 Å². The lowest BCUT2D eigenvalue weighted by molar-refractivity contribution is 0.102. The summed E-state index contributed by atoms with van der Waals surface area (Å²) in [6.45, 7) is 0.190. The van der Waals surface area contributed by atoms with Crippen LogP contribution >= 0.6 is 0 Å². The van der Waals surface area contributed by atoms with Crippen LogP contribution in [0.2, 0.25) is 0 Å². The number of aromatic nitrogens is 2. The molecule has 1 saturated carbocycles. The first-order chi connectivity index (χ1) is 13.7. The summed E-state index contributed by atoms with van der Waals surface area (Å²) in [6, 6.07) is 17.0. The fourth-order valence-corrected chi connectivity index (χ4v) is 2.96. The predicted octanol–water partition coefficient (Wildman–Crippen LogP) is 3.70. The van der Waals surface area contributed by atoms with Crippen LogP contribution in [0.1, 0.15) is 23.3 Å². The average molecular weight is 374 g/mol. The number of hydrogen-bond acceptors (Lipinski definition) is 6. The standard InChI is InChI=1S/C21H18N4O3/c26-21(23-15-8-9-17-18(10-15)28-12-27-17)16-11-19(22-14-6-7-14)25-20(24-16)13-4-2-1-3-5-13/h1-5,8-11,14H,6-7,12H2,(H,23,26)(H,22,24,25). The summed E-state index contributed by atoms with van der Waals surface area (Å²) >= 11 is 0. The number of carbonyl (C=O) groups excluding carboxylic acids is 1. The van der Waals surface area contributed by atoms with Gasteiger partial charge in [-0.15, -0.1) is 0 Å². The number of fused-ring (bicyclic) bond motifs is 1. The highest BCUT2D eigenvalue weighted by Gasteiger charge is 2.23. The minimum Gasteiger partial charge on any atom is -0.454 e. The average Bonchev–Trinajstić information content (AvgIpc) is 3.41. The number of benzene rings is 2. The van der Waals surface area contributed by atoms with E-state index in [1.165, 1.54) is 0 Å². The van der Waals surface area contributed by atoms with Crippen molar-refractivity contribution in [3.05, 3.63) is 60.3 Å². The van der Waals surface area contributed by atoms with E-state index in [2.05, 4.69) is 20.6 Å². The van der Waals surface area contributed by atoms with Crippen LogP contribution in [0.5, 0.6) is 11.5 Å². The molecule has 2 aliphatic rings. The van der Waals surface area contributed by atoms with Crippen LogP contribution in [0.15, 0.2) is 54.6 Å². The topological polar surface area (TPSA) is 85.4 Å². The number of carbonyl (C=O) groups is 1. The number of hydrogen-bond donors (Lipinski definition) is 2. The summed E-state index contributed by atoms with van der Waals surface area (Å²) in [5, 5.41) is 6.22. The zero-order valence-electron chi connectivity index (χ0n) is 15.0. The lowest BCUT2D eigenvalue weighted by atomic mass is 10.2. The van der Waals surface area contributed by atoms with E-state index in [1.807, 2.05) is 30.3 Å². The quantitative estimate of drug-likeness (QED) is 0.708. The molecule has 1 amide bonds. The molecule has 28 heavy (non-hydrogen) atoms. The second-order valence-corrected chi connectivity index (χ2v) is 6.77. The highest BCUT2D eigenvalue weighted by atomic mass is 16.7. The van der Waals surface area contributed by atoms with Gasteiger partial charge in [0.2, 0.25) is 6.79 Å². The molecule has 3 aromatic rings. The van der Waals surface area contributed by atoms with E-state index < -0.39 is 0 Å². The zero-order chi connectivity index (χ0) is 18.9. The fraction of sp³-hybridized carbons (Fsp3) is 0.190. The first kappa shape index (κ1) is 16.6. The van der Waals surface area contributed by atoms with E-state index in [1.54, 1.807) is 24.3 Å². The maximum Gasteiger partial charge on any atom is 0.274 e. The minimum atomic E-state index is -0.308. The van der Waals surface area contributed by atoms with Gasteiger partial charge in [0.05, 0.1) is 0 Å². The van der Waals surface area contributed by atoms with Crippen molar-refractivity contribution in [2.75, 3.05) is 17.4 Å². The van der Waals surface area contributed by atoms with Crippen LogP contribution in [-0.4, -0.2) is 28.7 Å². The molecule has 140 valence electrons. The van der Waals surface area contributed by atoms with Crippen LogP contribution in [-0.2, 0) is 0 Å². The van der Waals surface area contributed by atoms with E-state index in [0.29, 0.717) is 40.6 Å². The normalized spacial score (nSPS) is 14.6. The Kier molecular flexibility index (Phi) is 4.05. The molecule has 0 saturated heterocycles. The number of ether oxygens (including phenoxy) is 2.